The summed E-state index contributed by atoms with van der Waals surface area (Å²) in [5.74, 6) is 0.0336. The summed E-state index contributed by atoms with van der Waals surface area (Å²) in [6, 6.07) is 8.62. The number of benzene rings is 1. The van der Waals surface area contributed by atoms with Crippen LogP contribution >= 0.6 is 0 Å². The SMILES string of the molecule is O=C(NCCn1nc(-n2cncn2)ccc1=O)c1ccc(S(=O)(=O)N2CCOCC2)cc1. The van der Waals surface area contributed by atoms with Crippen molar-refractivity contribution in [1.82, 2.24) is 34.2 Å². The zero-order valence-corrected chi connectivity index (χ0v) is 17.8. The van der Waals surface area contributed by atoms with E-state index in [1.807, 2.05) is 0 Å². The number of ether oxygens (including phenoxy) is 1. The van der Waals surface area contributed by atoms with Crippen LogP contribution in [0.4, 0.5) is 0 Å². The Labute approximate surface area is 183 Å². The molecule has 1 saturated heterocycles. The van der Waals surface area contributed by atoms with Gasteiger partial charge in [-0.1, -0.05) is 0 Å². The van der Waals surface area contributed by atoms with Crippen molar-refractivity contribution in [3.05, 3.63) is 65.0 Å². The van der Waals surface area contributed by atoms with Crippen molar-refractivity contribution < 1.29 is 17.9 Å². The fourth-order valence-corrected chi connectivity index (χ4v) is 4.55. The highest BCUT2D eigenvalue weighted by Crippen LogP contribution is 2.17. The third kappa shape index (κ3) is 4.74. The molecule has 1 aromatic carbocycles. The van der Waals surface area contributed by atoms with Crippen molar-refractivity contribution in [3.8, 4) is 5.82 Å². The summed E-state index contributed by atoms with van der Waals surface area (Å²) >= 11 is 0. The van der Waals surface area contributed by atoms with Gasteiger partial charge in [0.05, 0.1) is 24.7 Å². The Morgan fingerprint density at radius 1 is 1.09 bits per heavy atom. The zero-order valence-electron chi connectivity index (χ0n) is 17.0. The van der Waals surface area contributed by atoms with E-state index in [1.165, 1.54) is 62.7 Å². The maximum atomic E-state index is 12.7. The maximum absolute atomic E-state index is 12.7. The molecule has 0 unspecified atom stereocenters. The van der Waals surface area contributed by atoms with Gasteiger partial charge in [-0.2, -0.15) is 9.40 Å². The number of rotatable bonds is 7. The molecule has 1 amide bonds. The number of hydrogen-bond donors (Lipinski definition) is 1. The molecule has 2 aromatic heterocycles. The first kappa shape index (κ1) is 21.8. The Morgan fingerprint density at radius 2 is 1.84 bits per heavy atom. The number of nitrogens with one attached hydrogen (secondary N) is 1. The van der Waals surface area contributed by atoms with Gasteiger partial charge in [-0.3, -0.25) is 9.59 Å². The number of aromatic nitrogens is 5. The second-order valence-electron chi connectivity index (χ2n) is 6.89. The average molecular weight is 459 g/mol. The minimum Gasteiger partial charge on any atom is -0.379 e. The second kappa shape index (κ2) is 9.38. The molecular weight excluding hydrogens is 438 g/mol. The average Bonchev–Trinajstić information content (AvgIpc) is 3.36. The second-order valence-corrected chi connectivity index (χ2v) is 8.83. The van der Waals surface area contributed by atoms with Gasteiger partial charge in [0.25, 0.3) is 11.5 Å². The smallest absolute Gasteiger partial charge is 0.266 e. The maximum Gasteiger partial charge on any atom is 0.266 e. The summed E-state index contributed by atoms with van der Waals surface area (Å²) < 4.78 is 34.5. The van der Waals surface area contributed by atoms with Gasteiger partial charge in [0.15, 0.2) is 5.82 Å². The molecule has 1 aliphatic rings. The van der Waals surface area contributed by atoms with E-state index in [4.69, 9.17) is 4.74 Å². The Hall–Kier alpha value is -3.42. The number of nitrogens with zero attached hydrogens (tertiary/aromatic N) is 6. The topological polar surface area (TPSA) is 141 Å². The number of amides is 1. The van der Waals surface area contributed by atoms with E-state index in [9.17, 15) is 18.0 Å². The molecule has 3 aromatic rings. The molecule has 0 bridgehead atoms. The van der Waals surface area contributed by atoms with Crippen molar-refractivity contribution >= 4 is 15.9 Å². The van der Waals surface area contributed by atoms with Crippen LogP contribution in [0.3, 0.4) is 0 Å². The normalized spacial score (nSPS) is 14.9. The van der Waals surface area contributed by atoms with E-state index < -0.39 is 10.0 Å². The number of sulfonamides is 1. The molecule has 32 heavy (non-hydrogen) atoms. The summed E-state index contributed by atoms with van der Waals surface area (Å²) in [7, 11) is -3.62. The van der Waals surface area contributed by atoms with Gasteiger partial charge in [0.1, 0.15) is 12.7 Å². The van der Waals surface area contributed by atoms with E-state index in [0.29, 0.717) is 37.7 Å². The van der Waals surface area contributed by atoms with Crippen molar-refractivity contribution in [1.29, 1.82) is 0 Å². The minimum absolute atomic E-state index is 0.122. The number of morpholine rings is 1. The van der Waals surface area contributed by atoms with Crippen LogP contribution in [-0.4, -0.2) is 76.0 Å². The molecule has 1 N–H and O–H groups in total. The molecular formula is C19H21N7O5S. The zero-order chi connectivity index (χ0) is 22.6. The van der Waals surface area contributed by atoms with Crippen LogP contribution in [-0.2, 0) is 21.3 Å². The Kier molecular flexibility index (Phi) is 6.39. The lowest BCUT2D eigenvalue weighted by Gasteiger charge is -2.26. The molecule has 1 aliphatic heterocycles. The van der Waals surface area contributed by atoms with Crippen molar-refractivity contribution in [2.45, 2.75) is 11.4 Å². The fraction of sp³-hybridized carbons (Fsp3) is 0.316. The molecule has 3 heterocycles. The molecule has 0 radical (unpaired) electrons. The number of carbonyl (C=O) groups is 1. The van der Waals surface area contributed by atoms with Crippen LogP contribution in [0.1, 0.15) is 10.4 Å². The van der Waals surface area contributed by atoms with Crippen LogP contribution in [0.2, 0.25) is 0 Å². The van der Waals surface area contributed by atoms with Crippen molar-refractivity contribution in [2.75, 3.05) is 32.8 Å². The standard InChI is InChI=1S/C19H21N7O5S/c27-18-6-5-17(26-14-20-13-22-26)23-25(18)8-7-21-19(28)15-1-3-16(4-2-15)32(29,30)24-9-11-31-12-10-24/h1-6,13-14H,7-12H2,(H,21,28). The van der Waals surface area contributed by atoms with Crippen molar-refractivity contribution in [3.63, 3.8) is 0 Å². The predicted molar refractivity (Wildman–Crippen MR) is 112 cm³/mol. The lowest BCUT2D eigenvalue weighted by atomic mass is 10.2. The van der Waals surface area contributed by atoms with E-state index in [2.05, 4.69) is 20.5 Å². The molecule has 1 fully saturated rings. The monoisotopic (exact) mass is 459 g/mol. The van der Waals surface area contributed by atoms with Gasteiger partial charge in [0.2, 0.25) is 10.0 Å². The van der Waals surface area contributed by atoms with E-state index in [-0.39, 0.29) is 29.5 Å². The molecule has 0 atom stereocenters. The van der Waals surface area contributed by atoms with Gasteiger partial charge in [-0.25, -0.2) is 22.8 Å². The Bertz CT molecular complexity index is 1230. The first-order chi connectivity index (χ1) is 15.4. The minimum atomic E-state index is -3.62. The van der Waals surface area contributed by atoms with Gasteiger partial charge in [-0.05, 0) is 30.3 Å². The quantitative estimate of drug-likeness (QED) is 0.488. The Balaban J connectivity index is 1.37. The highest BCUT2D eigenvalue weighted by molar-refractivity contribution is 7.89. The molecule has 12 nitrogen and oxygen atoms in total. The predicted octanol–water partition coefficient (Wildman–Crippen LogP) is -0.725. The number of hydrogen-bond acceptors (Lipinski definition) is 8. The molecule has 168 valence electrons. The molecule has 0 saturated carbocycles. The lowest BCUT2D eigenvalue weighted by molar-refractivity contribution is 0.0730. The van der Waals surface area contributed by atoms with Crippen molar-refractivity contribution in [2.24, 2.45) is 0 Å². The van der Waals surface area contributed by atoms with E-state index >= 15 is 0 Å². The summed E-state index contributed by atoms with van der Waals surface area (Å²) in [6.07, 6.45) is 2.82. The lowest BCUT2D eigenvalue weighted by Crippen LogP contribution is -2.40. The van der Waals surface area contributed by atoms with Gasteiger partial charge in [-0.15, -0.1) is 5.10 Å². The third-order valence-corrected chi connectivity index (χ3v) is 6.75. The van der Waals surface area contributed by atoms with Gasteiger partial charge in [0, 0.05) is 31.3 Å². The largest absolute Gasteiger partial charge is 0.379 e. The highest BCUT2D eigenvalue weighted by atomic mass is 32.2. The van der Waals surface area contributed by atoms with E-state index in [0.717, 1.165) is 0 Å². The van der Waals surface area contributed by atoms with Crippen LogP contribution in [0.5, 0.6) is 0 Å². The van der Waals surface area contributed by atoms with Crippen LogP contribution in [0.15, 0.2) is 58.7 Å². The molecule has 4 rings (SSSR count). The fourth-order valence-electron chi connectivity index (χ4n) is 3.14. The summed E-state index contributed by atoms with van der Waals surface area (Å²) in [6.45, 7) is 1.63. The van der Waals surface area contributed by atoms with Crippen LogP contribution < -0.4 is 10.9 Å². The Morgan fingerprint density at radius 3 is 2.53 bits per heavy atom. The van der Waals surface area contributed by atoms with Gasteiger partial charge >= 0.3 is 0 Å². The first-order valence-electron chi connectivity index (χ1n) is 9.84. The van der Waals surface area contributed by atoms with E-state index in [1.54, 1.807) is 0 Å². The summed E-state index contributed by atoms with van der Waals surface area (Å²) in [5.41, 5.74) is -0.0108. The third-order valence-electron chi connectivity index (χ3n) is 4.84. The van der Waals surface area contributed by atoms with Gasteiger partial charge < -0.3 is 10.1 Å². The van der Waals surface area contributed by atoms with Crippen LogP contribution in [0, 0.1) is 0 Å². The highest BCUT2D eigenvalue weighted by Gasteiger charge is 2.26. The summed E-state index contributed by atoms with van der Waals surface area (Å²) in [5, 5.41) is 10.9. The first-order valence-corrected chi connectivity index (χ1v) is 11.3. The van der Waals surface area contributed by atoms with Crippen LogP contribution in [0.25, 0.3) is 5.82 Å². The molecule has 0 spiro atoms. The summed E-state index contributed by atoms with van der Waals surface area (Å²) in [4.78, 5) is 28.4. The number of carbonyl (C=O) groups excluding carboxylic acids is 1. The molecule has 0 aliphatic carbocycles. The molecule has 13 heteroatoms.